The second-order valence-electron chi connectivity index (χ2n) is 4.73. The van der Waals surface area contributed by atoms with Crippen molar-refractivity contribution in [3.63, 3.8) is 0 Å². The minimum Gasteiger partial charge on any atom is -0.366 e. The first-order chi connectivity index (χ1) is 7.93. The lowest BCUT2D eigenvalue weighted by atomic mass is 9.99. The molecule has 2 fully saturated rings. The summed E-state index contributed by atoms with van der Waals surface area (Å²) in [5, 5.41) is 3.55. The molecule has 0 radical (unpaired) electrons. The fraction of sp³-hybridized carbons (Fsp3) is 0.667. The molecule has 0 spiro atoms. The van der Waals surface area contributed by atoms with Crippen LogP contribution in [0.4, 0.5) is 5.82 Å². The van der Waals surface area contributed by atoms with Crippen LogP contribution < -0.4 is 5.32 Å². The largest absolute Gasteiger partial charge is 0.366 e. The number of anilines is 1. The van der Waals surface area contributed by atoms with Crippen LogP contribution in [0.5, 0.6) is 0 Å². The molecule has 0 saturated carbocycles. The number of hydrogen-bond acceptors (Lipinski definition) is 4. The summed E-state index contributed by atoms with van der Waals surface area (Å²) in [6, 6.07) is 3.25. The summed E-state index contributed by atoms with van der Waals surface area (Å²) in [5.74, 6) is 0.965. The number of fused-ring (bicyclic) bond motifs is 1. The lowest BCUT2D eigenvalue weighted by molar-refractivity contribution is 0.192. The van der Waals surface area contributed by atoms with Gasteiger partial charge in [-0.1, -0.05) is 6.42 Å². The summed E-state index contributed by atoms with van der Waals surface area (Å²) in [6.45, 7) is 2.53. The van der Waals surface area contributed by atoms with Gasteiger partial charge in [0.05, 0.1) is 0 Å². The van der Waals surface area contributed by atoms with E-state index in [2.05, 4.69) is 20.2 Å². The van der Waals surface area contributed by atoms with Crippen molar-refractivity contribution in [1.29, 1.82) is 0 Å². The lowest BCUT2D eigenvalue weighted by Gasteiger charge is -2.32. The van der Waals surface area contributed by atoms with E-state index in [-0.39, 0.29) is 0 Å². The third-order valence-electron chi connectivity index (χ3n) is 3.77. The molecule has 2 aliphatic heterocycles. The molecule has 86 valence electrons. The second-order valence-corrected chi connectivity index (χ2v) is 4.73. The van der Waals surface area contributed by atoms with Gasteiger partial charge in [-0.2, -0.15) is 0 Å². The fourth-order valence-electron chi connectivity index (χ4n) is 2.98. The smallest absolute Gasteiger partial charge is 0.129 e. The maximum atomic E-state index is 4.24. The minimum atomic E-state index is 0.579. The molecule has 1 aromatic rings. The van der Waals surface area contributed by atoms with Gasteiger partial charge in [-0.3, -0.25) is 4.90 Å². The number of piperidine rings is 1. The van der Waals surface area contributed by atoms with Crippen molar-refractivity contribution in [3.05, 3.63) is 18.6 Å². The Kier molecular flexibility index (Phi) is 2.74. The van der Waals surface area contributed by atoms with Crippen LogP contribution in [-0.2, 0) is 0 Å². The Hall–Kier alpha value is -1.16. The van der Waals surface area contributed by atoms with Gasteiger partial charge in [0.15, 0.2) is 0 Å². The third kappa shape index (κ3) is 1.89. The molecule has 0 amide bonds. The van der Waals surface area contributed by atoms with Gasteiger partial charge in [-0.05, 0) is 31.9 Å². The van der Waals surface area contributed by atoms with Crippen LogP contribution in [0.15, 0.2) is 18.6 Å². The summed E-state index contributed by atoms with van der Waals surface area (Å²) in [5.41, 5.74) is 0. The predicted molar refractivity (Wildman–Crippen MR) is 63.3 cm³/mol. The van der Waals surface area contributed by atoms with Gasteiger partial charge in [0.1, 0.15) is 12.1 Å². The van der Waals surface area contributed by atoms with Crippen molar-refractivity contribution < 1.29 is 0 Å². The molecular formula is C12H18N4. The molecule has 0 aromatic carbocycles. The van der Waals surface area contributed by atoms with Gasteiger partial charge < -0.3 is 5.32 Å². The van der Waals surface area contributed by atoms with Crippen LogP contribution >= 0.6 is 0 Å². The summed E-state index contributed by atoms with van der Waals surface area (Å²) < 4.78 is 0. The molecule has 4 heteroatoms. The zero-order valence-corrected chi connectivity index (χ0v) is 9.47. The molecule has 4 nitrogen and oxygen atoms in total. The van der Waals surface area contributed by atoms with E-state index in [0.717, 1.165) is 11.9 Å². The Labute approximate surface area is 96.1 Å². The average molecular weight is 218 g/mol. The van der Waals surface area contributed by atoms with Crippen LogP contribution in [0.3, 0.4) is 0 Å². The number of hydrogen-bond donors (Lipinski definition) is 1. The van der Waals surface area contributed by atoms with E-state index in [1.54, 1.807) is 12.5 Å². The Bertz CT molecular complexity index is 340. The van der Waals surface area contributed by atoms with Gasteiger partial charge in [-0.25, -0.2) is 9.97 Å². The third-order valence-corrected chi connectivity index (χ3v) is 3.77. The zero-order valence-electron chi connectivity index (χ0n) is 9.47. The number of nitrogens with zero attached hydrogens (tertiary/aromatic N) is 3. The Morgan fingerprint density at radius 2 is 2.25 bits per heavy atom. The molecular weight excluding hydrogens is 200 g/mol. The summed E-state index contributed by atoms with van der Waals surface area (Å²) in [6.07, 6.45) is 8.73. The second kappa shape index (κ2) is 4.37. The van der Waals surface area contributed by atoms with Crippen molar-refractivity contribution in [2.24, 2.45) is 0 Å². The van der Waals surface area contributed by atoms with Crippen LogP contribution in [0.1, 0.15) is 25.7 Å². The quantitative estimate of drug-likeness (QED) is 0.817. The van der Waals surface area contributed by atoms with Gasteiger partial charge in [-0.15, -0.1) is 0 Å². The molecule has 3 rings (SSSR count). The van der Waals surface area contributed by atoms with E-state index in [4.69, 9.17) is 0 Å². The van der Waals surface area contributed by atoms with Crippen molar-refractivity contribution >= 4 is 5.82 Å². The molecule has 1 aromatic heterocycles. The predicted octanol–water partition coefficient (Wildman–Crippen LogP) is 1.52. The van der Waals surface area contributed by atoms with Gasteiger partial charge in [0.2, 0.25) is 0 Å². The molecule has 0 aliphatic carbocycles. The molecule has 2 atom stereocenters. The van der Waals surface area contributed by atoms with E-state index in [1.807, 2.05) is 6.07 Å². The van der Waals surface area contributed by atoms with E-state index < -0.39 is 0 Å². The normalized spacial score (nSPS) is 30.0. The monoisotopic (exact) mass is 218 g/mol. The van der Waals surface area contributed by atoms with Crippen LogP contribution in [0.25, 0.3) is 0 Å². The lowest BCUT2D eigenvalue weighted by Crippen LogP contribution is -2.41. The van der Waals surface area contributed by atoms with E-state index in [1.165, 1.54) is 38.8 Å². The zero-order chi connectivity index (χ0) is 10.8. The molecule has 2 unspecified atom stereocenters. The maximum Gasteiger partial charge on any atom is 0.129 e. The van der Waals surface area contributed by atoms with Crippen LogP contribution in [0, 0.1) is 0 Å². The van der Waals surface area contributed by atoms with Crippen molar-refractivity contribution in [2.45, 2.75) is 37.8 Å². The molecule has 3 heterocycles. The van der Waals surface area contributed by atoms with Crippen molar-refractivity contribution in [3.8, 4) is 0 Å². The Morgan fingerprint density at radius 3 is 3.12 bits per heavy atom. The van der Waals surface area contributed by atoms with Gasteiger partial charge in [0, 0.05) is 24.8 Å². The van der Waals surface area contributed by atoms with Crippen LogP contribution in [-0.4, -0.2) is 40.0 Å². The summed E-state index contributed by atoms with van der Waals surface area (Å²) in [7, 11) is 0. The summed E-state index contributed by atoms with van der Waals surface area (Å²) in [4.78, 5) is 10.8. The van der Waals surface area contributed by atoms with E-state index in [9.17, 15) is 0 Å². The fourth-order valence-corrected chi connectivity index (χ4v) is 2.98. The average Bonchev–Trinajstić information content (AvgIpc) is 2.74. The highest BCUT2D eigenvalue weighted by molar-refractivity contribution is 5.34. The maximum absolute atomic E-state index is 4.24. The summed E-state index contributed by atoms with van der Waals surface area (Å²) >= 11 is 0. The SMILES string of the molecule is c1cc(NC2CCN3CCCCC23)ncn1. The van der Waals surface area contributed by atoms with Crippen molar-refractivity contribution in [1.82, 2.24) is 14.9 Å². The first kappa shape index (κ1) is 10.0. The standard InChI is InChI=1S/C12H18N4/c1-2-7-16-8-5-10(11(16)3-1)15-12-4-6-13-9-14-12/h4,6,9-11H,1-3,5,7-8H2,(H,13,14,15). The first-order valence-corrected chi connectivity index (χ1v) is 6.20. The van der Waals surface area contributed by atoms with Gasteiger partial charge >= 0.3 is 0 Å². The topological polar surface area (TPSA) is 41.0 Å². The first-order valence-electron chi connectivity index (χ1n) is 6.20. The van der Waals surface area contributed by atoms with E-state index in [0.29, 0.717) is 6.04 Å². The number of nitrogens with one attached hydrogen (secondary N) is 1. The van der Waals surface area contributed by atoms with Gasteiger partial charge in [0.25, 0.3) is 0 Å². The number of rotatable bonds is 2. The van der Waals surface area contributed by atoms with Crippen LogP contribution in [0.2, 0.25) is 0 Å². The minimum absolute atomic E-state index is 0.579. The molecule has 1 N–H and O–H groups in total. The molecule has 2 saturated heterocycles. The highest BCUT2D eigenvalue weighted by Crippen LogP contribution is 2.28. The highest BCUT2D eigenvalue weighted by Gasteiger charge is 2.35. The Balaban J connectivity index is 1.67. The highest BCUT2D eigenvalue weighted by atomic mass is 15.2. The Morgan fingerprint density at radius 1 is 1.25 bits per heavy atom. The molecule has 2 aliphatic rings. The van der Waals surface area contributed by atoms with Crippen molar-refractivity contribution in [2.75, 3.05) is 18.4 Å². The molecule has 0 bridgehead atoms. The number of aromatic nitrogens is 2. The van der Waals surface area contributed by atoms with E-state index >= 15 is 0 Å². The molecule has 16 heavy (non-hydrogen) atoms.